The van der Waals surface area contributed by atoms with Crippen LogP contribution in [-0.4, -0.2) is 0 Å². The molecule has 1 rings (SSSR count). The molecular formula is C6H3BrClF2N. The summed E-state index contributed by atoms with van der Waals surface area (Å²) in [6.45, 7) is 0. The molecule has 0 unspecified atom stereocenters. The van der Waals surface area contributed by atoms with Gasteiger partial charge in [0.25, 0.3) is 0 Å². The van der Waals surface area contributed by atoms with Crippen molar-refractivity contribution in [2.24, 2.45) is 0 Å². The third-order valence-corrected chi connectivity index (χ3v) is 2.24. The molecule has 2 N–H and O–H groups in total. The average Bonchev–Trinajstić information content (AvgIpc) is 1.97. The molecule has 0 radical (unpaired) electrons. The molecule has 0 bridgehead atoms. The number of hydrogen-bond donors (Lipinski definition) is 1. The molecule has 11 heavy (non-hydrogen) atoms. The van der Waals surface area contributed by atoms with E-state index in [1.54, 1.807) is 0 Å². The highest BCUT2D eigenvalue weighted by Crippen LogP contribution is 2.30. The molecule has 60 valence electrons. The second-order valence-electron chi connectivity index (χ2n) is 1.89. The molecule has 0 aliphatic rings. The first-order valence-corrected chi connectivity index (χ1v) is 3.79. The predicted octanol–water partition coefficient (Wildman–Crippen LogP) is 2.96. The van der Waals surface area contributed by atoms with Gasteiger partial charge in [0.2, 0.25) is 0 Å². The Morgan fingerprint density at radius 1 is 1.45 bits per heavy atom. The predicted molar refractivity (Wildman–Crippen MR) is 43.5 cm³/mol. The summed E-state index contributed by atoms with van der Waals surface area (Å²) in [5, 5.41) is -0.265. The standard InChI is InChI=1S/C6H3BrClF2N/c7-4-2(9)1-3(11)5(8)6(4)10/h1H,11H2. The molecule has 0 saturated carbocycles. The molecule has 0 fully saturated rings. The maximum atomic E-state index is 12.8. The maximum Gasteiger partial charge on any atom is 0.161 e. The topological polar surface area (TPSA) is 26.0 Å². The number of halogens is 4. The molecule has 5 heteroatoms. The fourth-order valence-electron chi connectivity index (χ4n) is 0.591. The lowest BCUT2D eigenvalue weighted by molar-refractivity contribution is 0.573. The highest BCUT2D eigenvalue weighted by molar-refractivity contribution is 9.10. The second kappa shape index (κ2) is 2.95. The zero-order valence-corrected chi connectivity index (χ0v) is 7.51. The van der Waals surface area contributed by atoms with Crippen LogP contribution in [-0.2, 0) is 0 Å². The number of nitrogens with two attached hydrogens (primary N) is 1. The van der Waals surface area contributed by atoms with E-state index in [0.29, 0.717) is 0 Å². The smallest absolute Gasteiger partial charge is 0.161 e. The van der Waals surface area contributed by atoms with Crippen LogP contribution in [0, 0.1) is 11.6 Å². The lowest BCUT2D eigenvalue weighted by Crippen LogP contribution is -1.93. The van der Waals surface area contributed by atoms with Crippen LogP contribution in [0.1, 0.15) is 0 Å². The molecule has 0 aliphatic carbocycles. The molecule has 0 aliphatic heterocycles. The summed E-state index contributed by atoms with van der Waals surface area (Å²) in [6, 6.07) is 0.954. The summed E-state index contributed by atoms with van der Waals surface area (Å²) in [7, 11) is 0. The Balaban J connectivity index is 3.46. The summed E-state index contributed by atoms with van der Waals surface area (Å²) in [6.07, 6.45) is 0. The van der Waals surface area contributed by atoms with Gasteiger partial charge < -0.3 is 5.73 Å². The van der Waals surface area contributed by atoms with Crippen molar-refractivity contribution in [3.05, 3.63) is 27.2 Å². The van der Waals surface area contributed by atoms with Gasteiger partial charge in [-0.25, -0.2) is 8.78 Å². The van der Waals surface area contributed by atoms with Crippen LogP contribution in [0.15, 0.2) is 10.5 Å². The third kappa shape index (κ3) is 1.46. The zero-order valence-electron chi connectivity index (χ0n) is 5.17. The first-order valence-electron chi connectivity index (χ1n) is 2.62. The number of hydrogen-bond acceptors (Lipinski definition) is 1. The summed E-state index contributed by atoms with van der Waals surface area (Å²) in [4.78, 5) is 0. The lowest BCUT2D eigenvalue weighted by Gasteiger charge is -2.01. The van der Waals surface area contributed by atoms with Crippen molar-refractivity contribution < 1.29 is 8.78 Å². The SMILES string of the molecule is Nc1cc(F)c(Br)c(F)c1Cl. The molecule has 0 aromatic heterocycles. The minimum absolute atomic E-state index is 0.107. The molecule has 0 heterocycles. The second-order valence-corrected chi connectivity index (χ2v) is 3.06. The minimum atomic E-state index is -0.871. The van der Waals surface area contributed by atoms with E-state index in [0.717, 1.165) is 6.07 Å². The van der Waals surface area contributed by atoms with Gasteiger partial charge in [0.15, 0.2) is 5.82 Å². The Bertz CT molecular complexity index is 277. The summed E-state index contributed by atoms with van der Waals surface area (Å²) in [5.41, 5.74) is 5.05. The van der Waals surface area contributed by atoms with Crippen LogP contribution < -0.4 is 5.73 Å². The van der Waals surface area contributed by atoms with Crippen LogP contribution in [0.4, 0.5) is 14.5 Å². The van der Waals surface area contributed by atoms with E-state index in [1.165, 1.54) is 0 Å². The third-order valence-electron chi connectivity index (χ3n) is 1.13. The van der Waals surface area contributed by atoms with Crippen LogP contribution in [0.2, 0.25) is 5.02 Å². The number of anilines is 1. The minimum Gasteiger partial charge on any atom is -0.397 e. The Labute approximate surface area is 75.3 Å². The van der Waals surface area contributed by atoms with Gasteiger partial charge in [-0.1, -0.05) is 11.6 Å². The summed E-state index contributed by atoms with van der Waals surface area (Å²) < 4.78 is 25.1. The van der Waals surface area contributed by atoms with Crippen LogP contribution in [0.5, 0.6) is 0 Å². The van der Waals surface area contributed by atoms with Gasteiger partial charge in [0, 0.05) is 0 Å². The van der Waals surface area contributed by atoms with E-state index in [2.05, 4.69) is 15.9 Å². The van der Waals surface area contributed by atoms with Crippen molar-refractivity contribution in [2.75, 3.05) is 5.73 Å². The zero-order chi connectivity index (χ0) is 8.59. The molecule has 0 amide bonds. The highest BCUT2D eigenvalue weighted by atomic mass is 79.9. The average molecular weight is 242 g/mol. The van der Waals surface area contributed by atoms with Crippen molar-refractivity contribution in [2.45, 2.75) is 0 Å². The highest BCUT2D eigenvalue weighted by Gasteiger charge is 2.12. The number of benzene rings is 1. The van der Waals surface area contributed by atoms with E-state index < -0.39 is 11.6 Å². The molecular weight excluding hydrogens is 239 g/mol. The van der Waals surface area contributed by atoms with Crippen LogP contribution in [0.3, 0.4) is 0 Å². The van der Waals surface area contributed by atoms with Gasteiger partial charge in [0.1, 0.15) is 10.8 Å². The van der Waals surface area contributed by atoms with Crippen LogP contribution >= 0.6 is 27.5 Å². The number of nitrogen functional groups attached to an aromatic ring is 1. The monoisotopic (exact) mass is 241 g/mol. The summed E-state index contributed by atoms with van der Waals surface area (Å²) >= 11 is 8.03. The summed E-state index contributed by atoms with van der Waals surface area (Å²) in [5.74, 6) is -1.63. The first-order chi connectivity index (χ1) is 5.04. The van der Waals surface area contributed by atoms with E-state index in [9.17, 15) is 8.78 Å². The van der Waals surface area contributed by atoms with Crippen molar-refractivity contribution in [3.63, 3.8) is 0 Å². The van der Waals surface area contributed by atoms with E-state index >= 15 is 0 Å². The Kier molecular flexibility index (Phi) is 2.34. The van der Waals surface area contributed by atoms with E-state index in [4.69, 9.17) is 17.3 Å². The quantitative estimate of drug-likeness (QED) is 0.422. The van der Waals surface area contributed by atoms with Gasteiger partial charge in [-0.3, -0.25) is 0 Å². The Morgan fingerprint density at radius 3 is 2.55 bits per heavy atom. The Morgan fingerprint density at radius 2 is 2.00 bits per heavy atom. The fourth-order valence-corrected chi connectivity index (χ4v) is 1.17. The molecule has 0 atom stereocenters. The molecule has 0 spiro atoms. The molecule has 1 nitrogen and oxygen atoms in total. The van der Waals surface area contributed by atoms with E-state index in [1.807, 2.05) is 0 Å². The molecule has 0 saturated heterocycles. The van der Waals surface area contributed by atoms with Crippen molar-refractivity contribution in [1.82, 2.24) is 0 Å². The van der Waals surface area contributed by atoms with Gasteiger partial charge in [-0.15, -0.1) is 0 Å². The first kappa shape index (κ1) is 8.74. The van der Waals surface area contributed by atoms with Crippen molar-refractivity contribution >= 4 is 33.2 Å². The normalized spacial score (nSPS) is 10.2. The van der Waals surface area contributed by atoms with Gasteiger partial charge in [-0.05, 0) is 22.0 Å². The molecule has 1 aromatic rings. The van der Waals surface area contributed by atoms with Gasteiger partial charge in [-0.2, -0.15) is 0 Å². The number of rotatable bonds is 0. The van der Waals surface area contributed by atoms with Crippen molar-refractivity contribution in [3.8, 4) is 0 Å². The van der Waals surface area contributed by atoms with Crippen molar-refractivity contribution in [1.29, 1.82) is 0 Å². The van der Waals surface area contributed by atoms with E-state index in [-0.39, 0.29) is 15.2 Å². The van der Waals surface area contributed by atoms with Gasteiger partial charge >= 0.3 is 0 Å². The lowest BCUT2D eigenvalue weighted by atomic mass is 10.3. The van der Waals surface area contributed by atoms with Crippen LogP contribution in [0.25, 0.3) is 0 Å². The largest absolute Gasteiger partial charge is 0.397 e. The fraction of sp³-hybridized carbons (Fsp3) is 0. The molecule has 1 aromatic carbocycles. The van der Waals surface area contributed by atoms with Gasteiger partial charge in [0.05, 0.1) is 10.2 Å². The Hall–Kier alpha value is -0.350. The maximum absolute atomic E-state index is 12.8.